The second-order valence-electron chi connectivity index (χ2n) is 10.6. The lowest BCUT2D eigenvalue weighted by atomic mass is 9.58. The molecule has 0 amide bonds. The molecule has 3 aliphatic rings. The topological polar surface area (TPSA) is 72.3 Å². The Morgan fingerprint density at radius 2 is 1.89 bits per heavy atom. The third-order valence-corrected chi connectivity index (χ3v) is 8.09. The zero-order valence-corrected chi connectivity index (χ0v) is 20.2. The average molecular weight is 511 g/mol. The lowest BCUT2D eigenvalue weighted by Gasteiger charge is -2.61. The Kier molecular flexibility index (Phi) is 5.98. The summed E-state index contributed by atoms with van der Waals surface area (Å²) in [6.45, 7) is 0.605. The van der Waals surface area contributed by atoms with Crippen LogP contribution in [0.15, 0.2) is 42.6 Å². The van der Waals surface area contributed by atoms with Crippen LogP contribution in [-0.4, -0.2) is 76.0 Å². The van der Waals surface area contributed by atoms with Gasteiger partial charge in [0.1, 0.15) is 17.4 Å². The van der Waals surface area contributed by atoms with Gasteiger partial charge in [-0.2, -0.15) is 0 Å². The number of nitrogens with zero attached hydrogens (tertiary/aromatic N) is 4. The van der Waals surface area contributed by atoms with Crippen molar-refractivity contribution in [1.82, 2.24) is 14.8 Å². The molecular formula is C25H30F4N4O3. The molecule has 1 aliphatic heterocycles. The van der Waals surface area contributed by atoms with Gasteiger partial charge in [0.2, 0.25) is 0 Å². The summed E-state index contributed by atoms with van der Waals surface area (Å²) in [7, 11) is 3.87. The lowest BCUT2D eigenvalue weighted by Crippen LogP contribution is -2.69. The molecule has 2 aliphatic carbocycles. The van der Waals surface area contributed by atoms with E-state index in [2.05, 4.69) is 14.6 Å². The van der Waals surface area contributed by atoms with Gasteiger partial charge in [0.25, 0.3) is 0 Å². The first-order valence-corrected chi connectivity index (χ1v) is 11.9. The number of pyridine rings is 1. The first-order chi connectivity index (χ1) is 16.8. The molecule has 2 N–H and O–H groups in total. The van der Waals surface area contributed by atoms with Gasteiger partial charge in [-0.3, -0.25) is 9.80 Å². The van der Waals surface area contributed by atoms with Crippen molar-refractivity contribution in [1.29, 1.82) is 0 Å². The largest absolute Gasteiger partial charge is 0.573 e. The van der Waals surface area contributed by atoms with Gasteiger partial charge >= 0.3 is 6.36 Å². The minimum Gasteiger partial charge on any atom is -0.404 e. The molecule has 1 aromatic carbocycles. The predicted molar refractivity (Wildman–Crippen MR) is 124 cm³/mol. The standard InChI is InChI=1S/C25H30F4N4O3/c1-31(2)24(17-5-3-6-18(26)11-17)13-22(14-24)15-32(21(34)33(22)16-23(35)9-4-10-23)20-8-7-19(12-30-20)36-25(27,28)29/h3,5-8,11-12,21,34-35H,4,9-10,13-16H2,1-2H3. The summed E-state index contributed by atoms with van der Waals surface area (Å²) in [6, 6.07) is 9.04. The highest BCUT2D eigenvalue weighted by molar-refractivity contribution is 5.46. The number of ether oxygens (including phenoxy) is 1. The molecule has 1 unspecified atom stereocenters. The fourth-order valence-corrected chi connectivity index (χ4v) is 6.06. The van der Waals surface area contributed by atoms with Crippen molar-refractivity contribution in [3.8, 4) is 5.75 Å². The Bertz CT molecular complexity index is 1100. The van der Waals surface area contributed by atoms with Gasteiger partial charge < -0.3 is 19.8 Å². The molecule has 196 valence electrons. The van der Waals surface area contributed by atoms with Gasteiger partial charge in [-0.05, 0) is 76.0 Å². The number of aliphatic hydroxyl groups excluding tert-OH is 1. The van der Waals surface area contributed by atoms with Crippen molar-refractivity contribution in [2.45, 2.75) is 61.5 Å². The molecule has 1 aromatic heterocycles. The highest BCUT2D eigenvalue weighted by atomic mass is 19.4. The molecule has 0 radical (unpaired) electrons. The second-order valence-corrected chi connectivity index (χ2v) is 10.6. The average Bonchev–Trinajstić information content (AvgIpc) is 3.03. The van der Waals surface area contributed by atoms with E-state index < -0.39 is 35.1 Å². The molecular weight excluding hydrogens is 480 g/mol. The summed E-state index contributed by atoms with van der Waals surface area (Å²) in [6.07, 6.45) is -1.68. The van der Waals surface area contributed by atoms with Crippen LogP contribution in [0.5, 0.6) is 5.75 Å². The van der Waals surface area contributed by atoms with Crippen LogP contribution in [0.1, 0.15) is 37.7 Å². The summed E-state index contributed by atoms with van der Waals surface area (Å²) in [5.41, 5.74) is -1.10. The van der Waals surface area contributed by atoms with E-state index in [1.165, 1.54) is 18.2 Å². The van der Waals surface area contributed by atoms with Gasteiger partial charge in [-0.25, -0.2) is 9.37 Å². The molecule has 3 fully saturated rings. The van der Waals surface area contributed by atoms with Crippen LogP contribution in [0, 0.1) is 5.82 Å². The van der Waals surface area contributed by atoms with Crippen molar-refractivity contribution in [2.24, 2.45) is 0 Å². The van der Waals surface area contributed by atoms with Crippen molar-refractivity contribution in [2.75, 3.05) is 32.1 Å². The zero-order valence-electron chi connectivity index (χ0n) is 20.2. The highest BCUT2D eigenvalue weighted by Crippen LogP contribution is 2.58. The van der Waals surface area contributed by atoms with Crippen LogP contribution < -0.4 is 9.64 Å². The highest BCUT2D eigenvalue weighted by Gasteiger charge is 2.65. The summed E-state index contributed by atoms with van der Waals surface area (Å²) in [5.74, 6) is -0.474. The quantitative estimate of drug-likeness (QED) is 0.577. The van der Waals surface area contributed by atoms with Gasteiger partial charge in [0, 0.05) is 24.2 Å². The maximum atomic E-state index is 14.1. The molecule has 2 aromatic rings. The van der Waals surface area contributed by atoms with Crippen molar-refractivity contribution in [3.05, 3.63) is 54.0 Å². The lowest BCUT2D eigenvalue weighted by molar-refractivity contribution is -0.274. The minimum absolute atomic E-state index is 0.257. The molecule has 2 saturated carbocycles. The summed E-state index contributed by atoms with van der Waals surface area (Å²) in [4.78, 5) is 9.69. The number of alkyl halides is 3. The number of hydrogen-bond acceptors (Lipinski definition) is 7. The smallest absolute Gasteiger partial charge is 0.404 e. The Balaban J connectivity index is 1.45. The summed E-state index contributed by atoms with van der Waals surface area (Å²) in [5, 5.41) is 22.3. The Labute approximate surface area is 206 Å². The Morgan fingerprint density at radius 3 is 2.42 bits per heavy atom. The number of aromatic nitrogens is 1. The zero-order chi connectivity index (χ0) is 25.9. The Hall–Kier alpha value is -2.47. The fraction of sp³-hybridized carbons (Fsp3) is 0.560. The van der Waals surface area contributed by atoms with E-state index >= 15 is 0 Å². The van der Waals surface area contributed by atoms with Crippen LogP contribution in [0.25, 0.3) is 0 Å². The summed E-state index contributed by atoms with van der Waals surface area (Å²) >= 11 is 0. The normalized spacial score (nSPS) is 29.9. The fourth-order valence-electron chi connectivity index (χ4n) is 6.06. The molecule has 1 saturated heterocycles. The maximum Gasteiger partial charge on any atom is 0.573 e. The van der Waals surface area contributed by atoms with Crippen molar-refractivity contribution >= 4 is 5.82 Å². The van der Waals surface area contributed by atoms with Gasteiger partial charge in [0.15, 0.2) is 6.35 Å². The number of anilines is 1. The van der Waals surface area contributed by atoms with Crippen LogP contribution in [0.2, 0.25) is 0 Å². The SMILES string of the molecule is CN(C)C1(c2cccc(F)c2)CC2(CN(c3ccc(OC(F)(F)F)cn3)C(O)N2CC2(O)CCC2)C1. The van der Waals surface area contributed by atoms with E-state index in [9.17, 15) is 27.8 Å². The molecule has 0 bridgehead atoms. The second kappa shape index (κ2) is 8.54. The molecule has 5 rings (SSSR count). The number of rotatable bonds is 6. The molecule has 1 atom stereocenters. The third kappa shape index (κ3) is 4.31. The molecule has 1 spiro atoms. The van der Waals surface area contributed by atoms with Crippen LogP contribution in [0.4, 0.5) is 23.4 Å². The van der Waals surface area contributed by atoms with E-state index in [1.807, 2.05) is 25.1 Å². The van der Waals surface area contributed by atoms with Crippen molar-refractivity contribution in [3.63, 3.8) is 0 Å². The monoisotopic (exact) mass is 510 g/mol. The van der Waals surface area contributed by atoms with Crippen LogP contribution in [0.3, 0.4) is 0 Å². The minimum atomic E-state index is -4.83. The number of halogens is 4. The van der Waals surface area contributed by atoms with E-state index in [-0.39, 0.29) is 12.4 Å². The number of aliphatic hydroxyl groups is 2. The molecule has 7 nitrogen and oxygen atoms in total. The Morgan fingerprint density at radius 1 is 1.17 bits per heavy atom. The van der Waals surface area contributed by atoms with E-state index in [0.29, 0.717) is 38.0 Å². The van der Waals surface area contributed by atoms with Crippen LogP contribution in [-0.2, 0) is 5.54 Å². The van der Waals surface area contributed by atoms with Gasteiger partial charge in [-0.1, -0.05) is 12.1 Å². The first-order valence-electron chi connectivity index (χ1n) is 11.9. The maximum absolute atomic E-state index is 14.1. The number of β-amino-alcohol motifs (C(OH)–C–C–N with tert-alkyl or cyclic N) is 1. The first kappa shape index (κ1) is 25.2. The molecule has 36 heavy (non-hydrogen) atoms. The molecule has 2 heterocycles. The van der Waals surface area contributed by atoms with Crippen molar-refractivity contribution < 1.29 is 32.5 Å². The summed E-state index contributed by atoms with van der Waals surface area (Å²) < 4.78 is 55.7. The predicted octanol–water partition coefficient (Wildman–Crippen LogP) is 3.42. The third-order valence-electron chi connectivity index (χ3n) is 8.09. The van der Waals surface area contributed by atoms with E-state index in [4.69, 9.17) is 0 Å². The van der Waals surface area contributed by atoms with Crippen LogP contribution >= 0.6 is 0 Å². The number of benzene rings is 1. The van der Waals surface area contributed by atoms with E-state index in [1.54, 1.807) is 11.0 Å². The molecule has 11 heteroatoms. The number of hydrogen-bond donors (Lipinski definition) is 2. The van der Waals surface area contributed by atoms with Gasteiger partial charge in [-0.15, -0.1) is 13.2 Å². The van der Waals surface area contributed by atoms with Gasteiger partial charge in [0.05, 0.1) is 11.8 Å². The van der Waals surface area contributed by atoms with E-state index in [0.717, 1.165) is 24.2 Å².